The second-order valence-electron chi connectivity index (χ2n) is 7.14. The van der Waals surface area contributed by atoms with E-state index in [1.54, 1.807) is 0 Å². The highest BCUT2D eigenvalue weighted by Crippen LogP contribution is 2.33. The first kappa shape index (κ1) is 20.5. The Morgan fingerprint density at radius 3 is 2.33 bits per heavy atom. The average Bonchev–Trinajstić information content (AvgIpc) is 3.22. The van der Waals surface area contributed by atoms with Crippen molar-refractivity contribution < 1.29 is 18.0 Å². The summed E-state index contributed by atoms with van der Waals surface area (Å²) < 4.78 is 40.1. The Balaban J connectivity index is 1.48. The second-order valence-corrected chi connectivity index (χ2v) is 7.57. The molecule has 1 amide bonds. The number of benzene rings is 2. The molecule has 4 rings (SSSR count). The number of aliphatic imine (C=N–C) groups is 1. The Morgan fingerprint density at radius 2 is 1.63 bits per heavy atom. The molecule has 2 heterocycles. The molecular weight excluding hydrogens is 417 g/mol. The van der Waals surface area contributed by atoms with Gasteiger partial charge in [-0.05, 0) is 30.3 Å². The lowest BCUT2D eigenvalue weighted by atomic mass is 10.1. The summed E-state index contributed by atoms with van der Waals surface area (Å²) in [7, 11) is 0. The third-order valence-electron chi connectivity index (χ3n) is 5.26. The van der Waals surface area contributed by atoms with Crippen LogP contribution in [0.25, 0.3) is 0 Å². The van der Waals surface area contributed by atoms with Crippen molar-refractivity contribution in [3.05, 3.63) is 64.7 Å². The minimum absolute atomic E-state index is 0.273. The Hall–Kier alpha value is -2.74. The molecule has 30 heavy (non-hydrogen) atoms. The van der Waals surface area contributed by atoms with Crippen LogP contribution >= 0.6 is 11.6 Å². The van der Waals surface area contributed by atoms with Gasteiger partial charge in [-0.25, -0.2) is 0 Å². The molecule has 5 nitrogen and oxygen atoms in total. The zero-order valence-electron chi connectivity index (χ0n) is 16.1. The molecule has 0 atom stereocenters. The van der Waals surface area contributed by atoms with E-state index in [0.29, 0.717) is 43.7 Å². The summed E-state index contributed by atoms with van der Waals surface area (Å²) in [6, 6.07) is 12.5. The summed E-state index contributed by atoms with van der Waals surface area (Å²) in [4.78, 5) is 22.9. The van der Waals surface area contributed by atoms with Crippen LogP contribution in [0.2, 0.25) is 5.02 Å². The van der Waals surface area contributed by atoms with Crippen LogP contribution in [0.4, 0.5) is 18.9 Å². The number of halogens is 4. The third kappa shape index (κ3) is 4.09. The van der Waals surface area contributed by atoms with Gasteiger partial charge in [0.15, 0.2) is 0 Å². The highest BCUT2D eigenvalue weighted by atomic mass is 35.5. The van der Waals surface area contributed by atoms with Crippen molar-refractivity contribution in [3.63, 3.8) is 0 Å². The fourth-order valence-corrected chi connectivity index (χ4v) is 3.98. The number of amides is 1. The summed E-state index contributed by atoms with van der Waals surface area (Å²) in [5.41, 5.74) is -0.258. The van der Waals surface area contributed by atoms with Gasteiger partial charge in [-0.15, -0.1) is 0 Å². The highest BCUT2D eigenvalue weighted by Gasteiger charge is 2.38. The Bertz CT molecular complexity index is 971. The predicted molar refractivity (Wildman–Crippen MR) is 110 cm³/mol. The van der Waals surface area contributed by atoms with Gasteiger partial charge in [-0.2, -0.15) is 13.2 Å². The van der Waals surface area contributed by atoms with E-state index in [4.69, 9.17) is 11.6 Å². The van der Waals surface area contributed by atoms with Crippen LogP contribution in [0.15, 0.2) is 53.5 Å². The zero-order chi connectivity index (χ0) is 21.3. The van der Waals surface area contributed by atoms with E-state index >= 15 is 0 Å². The summed E-state index contributed by atoms with van der Waals surface area (Å²) in [6.07, 6.45) is -4.59. The van der Waals surface area contributed by atoms with Crippen molar-refractivity contribution in [2.24, 2.45) is 4.99 Å². The molecule has 158 valence electrons. The van der Waals surface area contributed by atoms with Crippen LogP contribution in [-0.4, -0.2) is 60.9 Å². The number of piperazine rings is 1. The van der Waals surface area contributed by atoms with Crippen LogP contribution in [0.1, 0.15) is 15.9 Å². The number of hydrogen-bond acceptors (Lipinski definition) is 4. The maximum atomic E-state index is 13.4. The Labute approximate surface area is 177 Å². The van der Waals surface area contributed by atoms with E-state index in [0.717, 1.165) is 11.8 Å². The van der Waals surface area contributed by atoms with Gasteiger partial charge in [-0.3, -0.25) is 14.7 Å². The molecule has 0 radical (unpaired) electrons. The molecule has 2 aliphatic rings. The quantitative estimate of drug-likeness (QED) is 0.714. The summed E-state index contributed by atoms with van der Waals surface area (Å²) in [5.74, 6) is -0.223. The van der Waals surface area contributed by atoms with Crippen molar-refractivity contribution in [3.8, 4) is 0 Å². The predicted octanol–water partition coefficient (Wildman–Crippen LogP) is 3.99. The molecule has 0 aliphatic carbocycles. The number of alkyl halides is 3. The Kier molecular flexibility index (Phi) is 5.60. The SMILES string of the molecule is O=C(c1ccccc1C(F)(F)F)N1CCN=C1N1CCN(c2cccc(Cl)c2)CC1. The molecule has 1 saturated heterocycles. The minimum atomic E-state index is -4.59. The second kappa shape index (κ2) is 8.18. The number of hydrogen-bond donors (Lipinski definition) is 0. The average molecular weight is 437 g/mol. The lowest BCUT2D eigenvalue weighted by Gasteiger charge is -2.39. The molecule has 2 aromatic carbocycles. The number of guanidine groups is 1. The largest absolute Gasteiger partial charge is 0.417 e. The fourth-order valence-electron chi connectivity index (χ4n) is 3.80. The Morgan fingerprint density at radius 1 is 0.933 bits per heavy atom. The first-order valence-corrected chi connectivity index (χ1v) is 10.0. The van der Waals surface area contributed by atoms with Gasteiger partial charge in [0.1, 0.15) is 0 Å². The summed E-state index contributed by atoms with van der Waals surface area (Å²) >= 11 is 6.07. The smallest absolute Gasteiger partial charge is 0.368 e. The van der Waals surface area contributed by atoms with Crippen LogP contribution < -0.4 is 4.90 Å². The summed E-state index contributed by atoms with van der Waals surface area (Å²) in [5, 5.41) is 0.662. The van der Waals surface area contributed by atoms with E-state index in [-0.39, 0.29) is 12.1 Å². The third-order valence-corrected chi connectivity index (χ3v) is 5.50. The van der Waals surface area contributed by atoms with Gasteiger partial charge in [0.25, 0.3) is 5.91 Å². The van der Waals surface area contributed by atoms with E-state index in [1.165, 1.54) is 23.1 Å². The van der Waals surface area contributed by atoms with Crippen molar-refractivity contribution in [2.45, 2.75) is 6.18 Å². The molecule has 0 bridgehead atoms. The first-order chi connectivity index (χ1) is 14.3. The molecular formula is C21H20ClF3N4O. The monoisotopic (exact) mass is 436 g/mol. The van der Waals surface area contributed by atoms with Gasteiger partial charge in [0.2, 0.25) is 5.96 Å². The van der Waals surface area contributed by atoms with Crippen molar-refractivity contribution in [1.82, 2.24) is 9.80 Å². The maximum Gasteiger partial charge on any atom is 0.417 e. The van der Waals surface area contributed by atoms with Gasteiger partial charge in [0.05, 0.1) is 17.7 Å². The van der Waals surface area contributed by atoms with E-state index < -0.39 is 17.6 Å². The topological polar surface area (TPSA) is 39.2 Å². The van der Waals surface area contributed by atoms with Crippen LogP contribution in [0.3, 0.4) is 0 Å². The maximum absolute atomic E-state index is 13.4. The van der Waals surface area contributed by atoms with E-state index in [2.05, 4.69) is 9.89 Å². The van der Waals surface area contributed by atoms with Gasteiger partial charge >= 0.3 is 6.18 Å². The molecule has 2 aliphatic heterocycles. The standard InChI is InChI=1S/C21H20ClF3N4O/c22-15-4-3-5-16(14-15)27-10-12-28(13-11-27)20-26-8-9-29(20)19(30)17-6-1-2-7-18(17)21(23,24)25/h1-7,14H,8-13H2. The molecule has 1 fully saturated rings. The minimum Gasteiger partial charge on any atom is -0.368 e. The van der Waals surface area contributed by atoms with Crippen LogP contribution in [0, 0.1) is 0 Å². The lowest BCUT2D eigenvalue weighted by Crippen LogP contribution is -2.53. The highest BCUT2D eigenvalue weighted by molar-refractivity contribution is 6.30. The molecule has 0 aromatic heterocycles. The number of nitrogens with zero attached hydrogens (tertiary/aromatic N) is 4. The normalized spacial score (nSPS) is 17.3. The molecule has 9 heteroatoms. The zero-order valence-corrected chi connectivity index (χ0v) is 16.8. The molecule has 0 saturated carbocycles. The molecule has 0 N–H and O–H groups in total. The molecule has 0 spiro atoms. The molecule has 0 unspecified atom stereocenters. The summed E-state index contributed by atoms with van der Waals surface area (Å²) in [6.45, 7) is 3.26. The van der Waals surface area contributed by atoms with Crippen LogP contribution in [-0.2, 0) is 6.18 Å². The van der Waals surface area contributed by atoms with Gasteiger partial charge < -0.3 is 9.80 Å². The fraction of sp³-hybridized carbons (Fsp3) is 0.333. The lowest BCUT2D eigenvalue weighted by molar-refractivity contribution is -0.138. The van der Waals surface area contributed by atoms with Crippen molar-refractivity contribution >= 4 is 29.2 Å². The van der Waals surface area contributed by atoms with Crippen molar-refractivity contribution in [1.29, 1.82) is 0 Å². The van der Waals surface area contributed by atoms with Crippen molar-refractivity contribution in [2.75, 3.05) is 44.2 Å². The van der Waals surface area contributed by atoms with Gasteiger partial charge in [0, 0.05) is 43.4 Å². The number of rotatable bonds is 2. The van der Waals surface area contributed by atoms with Crippen LogP contribution in [0.5, 0.6) is 0 Å². The molecule has 2 aromatic rings. The number of anilines is 1. The number of carbonyl (C=O) groups is 1. The van der Waals surface area contributed by atoms with E-state index in [1.807, 2.05) is 29.2 Å². The number of carbonyl (C=O) groups excluding carboxylic acids is 1. The van der Waals surface area contributed by atoms with E-state index in [9.17, 15) is 18.0 Å². The van der Waals surface area contributed by atoms with Gasteiger partial charge in [-0.1, -0.05) is 29.8 Å². The first-order valence-electron chi connectivity index (χ1n) is 9.62.